The van der Waals surface area contributed by atoms with E-state index in [1.54, 1.807) is 0 Å². The van der Waals surface area contributed by atoms with Crippen LogP contribution < -0.4 is 15.8 Å². The van der Waals surface area contributed by atoms with Crippen LogP contribution in [0.3, 0.4) is 0 Å². The first-order valence-electron chi connectivity index (χ1n) is 9.89. The van der Waals surface area contributed by atoms with Crippen molar-refractivity contribution in [1.82, 2.24) is 9.29 Å². The lowest BCUT2D eigenvalue weighted by Crippen LogP contribution is -2.50. The maximum Gasteiger partial charge on any atom is 0.274 e. The van der Waals surface area contributed by atoms with E-state index in [0.717, 1.165) is 16.6 Å². The molecule has 1 aromatic heterocycles. The fraction of sp³-hybridized carbons (Fsp3) is 0.278. The number of hydrogen-bond acceptors (Lipinski definition) is 7. The van der Waals surface area contributed by atoms with Crippen molar-refractivity contribution >= 4 is 39.2 Å². The molecule has 0 saturated carbocycles. The SMILES string of the molecule is [2H]C([2H])([2H])Oc1ccc(C(=O)Nc2cc(F)c(Cl)c([C@]3(C)CS(=O)(=O)N(C)C(N)=N3)c2)nc1. The molecule has 160 valence electrons. The third-order valence-electron chi connectivity index (χ3n) is 4.52. The summed E-state index contributed by atoms with van der Waals surface area (Å²) in [5.41, 5.74) is 4.09. The number of nitrogens with zero attached hydrogens (tertiary/aromatic N) is 3. The number of aromatic nitrogens is 1. The summed E-state index contributed by atoms with van der Waals surface area (Å²) in [6, 6.07) is 4.71. The van der Waals surface area contributed by atoms with Crippen molar-refractivity contribution in [1.29, 1.82) is 0 Å². The monoisotopic (exact) mass is 458 g/mol. The molecule has 3 rings (SSSR count). The van der Waals surface area contributed by atoms with E-state index in [4.69, 9.17) is 21.4 Å². The summed E-state index contributed by atoms with van der Waals surface area (Å²) in [5.74, 6) is -2.55. The summed E-state index contributed by atoms with van der Waals surface area (Å²) in [6.07, 6.45) is 1.05. The highest BCUT2D eigenvalue weighted by molar-refractivity contribution is 7.89. The van der Waals surface area contributed by atoms with Crippen LogP contribution in [0.4, 0.5) is 10.1 Å². The highest BCUT2D eigenvalue weighted by Gasteiger charge is 2.42. The maximum atomic E-state index is 14.6. The molecule has 2 heterocycles. The van der Waals surface area contributed by atoms with E-state index in [-0.39, 0.29) is 33.7 Å². The Labute approximate surface area is 182 Å². The molecule has 0 aliphatic carbocycles. The Morgan fingerprint density at radius 2 is 2.20 bits per heavy atom. The first-order valence-corrected chi connectivity index (χ1v) is 10.4. The van der Waals surface area contributed by atoms with Gasteiger partial charge in [-0.25, -0.2) is 27.1 Å². The molecule has 30 heavy (non-hydrogen) atoms. The number of hydrogen-bond donors (Lipinski definition) is 2. The average molecular weight is 459 g/mol. The summed E-state index contributed by atoms with van der Waals surface area (Å²) >= 11 is 6.11. The van der Waals surface area contributed by atoms with E-state index < -0.39 is 40.1 Å². The largest absolute Gasteiger partial charge is 0.495 e. The third-order valence-corrected chi connectivity index (χ3v) is 6.85. The zero-order valence-corrected chi connectivity index (χ0v) is 17.4. The van der Waals surface area contributed by atoms with Crippen molar-refractivity contribution in [2.45, 2.75) is 12.5 Å². The first kappa shape index (κ1) is 17.9. The van der Waals surface area contributed by atoms with Gasteiger partial charge in [0.15, 0.2) is 0 Å². The number of carbonyl (C=O) groups is 1. The number of halogens is 2. The molecular formula is C18H19ClFN5O4S. The van der Waals surface area contributed by atoms with Gasteiger partial charge in [-0.05, 0) is 31.2 Å². The second-order valence-corrected chi connectivity index (χ2v) is 9.10. The van der Waals surface area contributed by atoms with Crippen LogP contribution in [0.1, 0.15) is 27.1 Å². The van der Waals surface area contributed by atoms with Crippen LogP contribution >= 0.6 is 11.6 Å². The van der Waals surface area contributed by atoms with Crippen LogP contribution in [0.25, 0.3) is 0 Å². The molecule has 12 heteroatoms. The number of ether oxygens (including phenoxy) is 1. The molecule has 0 bridgehead atoms. The number of pyridine rings is 1. The molecule has 1 aromatic carbocycles. The van der Waals surface area contributed by atoms with Crippen LogP contribution in [0, 0.1) is 5.82 Å². The minimum absolute atomic E-state index is 0.00785. The summed E-state index contributed by atoms with van der Waals surface area (Å²) < 4.78 is 66.2. The van der Waals surface area contributed by atoms with Gasteiger partial charge < -0.3 is 15.8 Å². The number of rotatable bonds is 4. The quantitative estimate of drug-likeness (QED) is 0.720. The number of anilines is 1. The molecule has 1 aliphatic heterocycles. The van der Waals surface area contributed by atoms with Crippen molar-refractivity contribution in [2.24, 2.45) is 10.7 Å². The summed E-state index contributed by atoms with van der Waals surface area (Å²) in [5, 5.41) is 2.08. The number of nitrogens with one attached hydrogen (secondary N) is 1. The summed E-state index contributed by atoms with van der Waals surface area (Å²) in [6.45, 7) is 1.43. The molecule has 0 fully saturated rings. The van der Waals surface area contributed by atoms with E-state index in [9.17, 15) is 17.6 Å². The Morgan fingerprint density at radius 1 is 1.47 bits per heavy atom. The van der Waals surface area contributed by atoms with E-state index in [1.807, 2.05) is 0 Å². The fourth-order valence-electron chi connectivity index (χ4n) is 2.91. The Bertz CT molecular complexity index is 1240. The average Bonchev–Trinajstić information content (AvgIpc) is 2.67. The van der Waals surface area contributed by atoms with Crippen LogP contribution in [-0.4, -0.2) is 49.4 Å². The van der Waals surface area contributed by atoms with E-state index in [0.29, 0.717) is 0 Å². The van der Waals surface area contributed by atoms with Crippen molar-refractivity contribution in [3.8, 4) is 5.75 Å². The number of amides is 1. The van der Waals surface area contributed by atoms with E-state index in [2.05, 4.69) is 20.0 Å². The van der Waals surface area contributed by atoms with Gasteiger partial charge in [0, 0.05) is 18.3 Å². The lowest BCUT2D eigenvalue weighted by Gasteiger charge is -2.35. The van der Waals surface area contributed by atoms with Crippen LogP contribution in [-0.2, 0) is 15.6 Å². The number of aliphatic imine (C=N–C) groups is 1. The molecule has 1 atom stereocenters. The molecule has 1 amide bonds. The van der Waals surface area contributed by atoms with E-state index >= 15 is 0 Å². The number of carbonyl (C=O) groups excluding carboxylic acids is 1. The van der Waals surface area contributed by atoms with Crippen molar-refractivity contribution in [3.05, 3.63) is 52.6 Å². The lowest BCUT2D eigenvalue weighted by molar-refractivity contribution is 0.102. The highest BCUT2D eigenvalue weighted by atomic mass is 35.5. The molecule has 2 aromatic rings. The van der Waals surface area contributed by atoms with Crippen molar-refractivity contribution < 1.29 is 26.5 Å². The minimum Gasteiger partial charge on any atom is -0.495 e. The van der Waals surface area contributed by atoms with Gasteiger partial charge in [0.2, 0.25) is 16.0 Å². The molecular weight excluding hydrogens is 437 g/mol. The molecule has 1 aliphatic rings. The second kappa shape index (κ2) is 7.73. The zero-order valence-electron chi connectivity index (χ0n) is 18.8. The predicted octanol–water partition coefficient (Wildman–Crippen LogP) is 1.94. The van der Waals surface area contributed by atoms with Crippen molar-refractivity contribution in [3.63, 3.8) is 0 Å². The number of guanidine groups is 1. The van der Waals surface area contributed by atoms with Gasteiger partial charge in [0.1, 0.15) is 22.8 Å². The number of nitrogens with two attached hydrogens (primary N) is 1. The van der Waals surface area contributed by atoms with Crippen LogP contribution in [0.15, 0.2) is 35.5 Å². The fourth-order valence-corrected chi connectivity index (χ4v) is 4.67. The van der Waals surface area contributed by atoms with Gasteiger partial charge >= 0.3 is 0 Å². The molecule has 0 radical (unpaired) electrons. The van der Waals surface area contributed by atoms with Crippen molar-refractivity contribution in [2.75, 3.05) is 25.2 Å². The number of methoxy groups -OCH3 is 1. The van der Waals surface area contributed by atoms with Gasteiger partial charge in [0.25, 0.3) is 5.91 Å². The number of benzene rings is 1. The molecule has 9 nitrogen and oxygen atoms in total. The van der Waals surface area contributed by atoms with Crippen LogP contribution in [0.2, 0.25) is 5.02 Å². The molecule has 0 spiro atoms. The van der Waals surface area contributed by atoms with Crippen LogP contribution in [0.5, 0.6) is 5.75 Å². The van der Waals surface area contributed by atoms with E-state index in [1.165, 1.54) is 32.2 Å². The Kier molecular flexibility index (Phi) is 4.61. The Hall–Kier alpha value is -2.92. The van der Waals surface area contributed by atoms with Gasteiger partial charge in [-0.15, -0.1) is 0 Å². The predicted molar refractivity (Wildman–Crippen MR) is 111 cm³/mol. The first-order chi connectivity index (χ1) is 15.1. The standard InChI is InChI=1S/C18H19ClFN5O4S/c1-18(9-30(27,28)25(2)17(21)24-18)12-6-10(7-13(20)15(12)19)23-16(26)14-5-4-11(29-3)8-22-14/h4-8H,9H2,1-3H3,(H2,21,24)(H,23,26)/t18-/m0/s1/i3D3. The third kappa shape index (κ3) is 4.03. The Balaban J connectivity index is 1.91. The Morgan fingerprint density at radius 3 is 2.80 bits per heavy atom. The van der Waals surface area contributed by atoms with Gasteiger partial charge in [0.05, 0.1) is 28.1 Å². The summed E-state index contributed by atoms with van der Waals surface area (Å²) in [7, 11) is -5.28. The summed E-state index contributed by atoms with van der Waals surface area (Å²) in [4.78, 5) is 20.6. The molecule has 3 N–H and O–H groups in total. The second-order valence-electron chi connectivity index (χ2n) is 6.72. The molecule has 0 saturated heterocycles. The maximum absolute atomic E-state index is 14.6. The van der Waals surface area contributed by atoms with Gasteiger partial charge in [-0.2, -0.15) is 0 Å². The topological polar surface area (TPSA) is 127 Å². The number of sulfonamides is 1. The highest BCUT2D eigenvalue weighted by Crippen LogP contribution is 2.38. The molecule has 0 unspecified atom stereocenters. The van der Waals surface area contributed by atoms with Gasteiger partial charge in [-0.3, -0.25) is 4.79 Å². The lowest BCUT2D eigenvalue weighted by atomic mass is 9.93. The smallest absolute Gasteiger partial charge is 0.274 e. The minimum atomic E-state index is -3.84. The zero-order chi connectivity index (χ0) is 24.8. The normalized spacial score (nSPS) is 22.3. The van der Waals surface area contributed by atoms with Gasteiger partial charge in [-0.1, -0.05) is 11.6 Å².